The van der Waals surface area contributed by atoms with Crippen molar-refractivity contribution in [2.24, 2.45) is 0 Å². The Morgan fingerprint density at radius 3 is 2.76 bits per heavy atom. The molecule has 1 aliphatic carbocycles. The van der Waals surface area contributed by atoms with Crippen molar-refractivity contribution in [2.75, 3.05) is 0 Å². The largest absolute Gasteiger partial charge is 0.490 e. The van der Waals surface area contributed by atoms with Gasteiger partial charge in [-0.2, -0.15) is 10.2 Å². The van der Waals surface area contributed by atoms with Crippen LogP contribution in [-0.4, -0.2) is 27.9 Å². The summed E-state index contributed by atoms with van der Waals surface area (Å²) in [6.07, 6.45) is 1.06. The molecule has 1 aromatic heterocycles. The molecule has 1 heterocycles. The number of rotatable bonds is 5. The summed E-state index contributed by atoms with van der Waals surface area (Å²) in [5.41, 5.74) is 3.46. The number of aromatic nitrogens is 2. The Labute approximate surface area is 198 Å². The van der Waals surface area contributed by atoms with Gasteiger partial charge in [0.2, 0.25) is 5.82 Å². The third kappa shape index (κ3) is 5.04. The highest BCUT2D eigenvalue weighted by atomic mass is 16.6. The number of nitrogens with zero attached hydrogens (tertiary/aromatic N) is 3. The zero-order valence-corrected chi connectivity index (χ0v) is 20.0. The van der Waals surface area contributed by atoms with Crippen molar-refractivity contribution in [1.82, 2.24) is 15.5 Å². The number of hydrogen-bond acceptors (Lipinski definition) is 7. The van der Waals surface area contributed by atoms with Crippen molar-refractivity contribution in [3.05, 3.63) is 53.1 Å². The molecule has 3 aromatic rings. The first-order valence-electron chi connectivity index (χ1n) is 11.3. The summed E-state index contributed by atoms with van der Waals surface area (Å²) in [5.74, 6) is 1.30. The highest BCUT2D eigenvalue weighted by molar-refractivity contribution is 5.71. The molecule has 1 atom stereocenters. The van der Waals surface area contributed by atoms with E-state index in [1.807, 2.05) is 52.8 Å². The Balaban J connectivity index is 1.58. The normalized spacial score (nSPS) is 15.0. The lowest BCUT2D eigenvalue weighted by Gasteiger charge is -2.22. The highest BCUT2D eigenvalue weighted by Crippen LogP contribution is 2.37. The quantitative estimate of drug-likeness (QED) is 0.529. The maximum atomic E-state index is 12.3. The lowest BCUT2D eigenvalue weighted by Crippen LogP contribution is -2.34. The molecule has 0 saturated heterocycles. The lowest BCUT2D eigenvalue weighted by molar-refractivity contribution is 0.0503. The number of alkyl carbamates (subject to hydrolysis) is 1. The SMILES string of the molecule is CC(C)Oc1ccc(-c2nc(-c3cccc4c3CCC4NC(=O)OC(C)(C)C)no2)cc1C#N. The van der Waals surface area contributed by atoms with Gasteiger partial charge in [0, 0.05) is 11.1 Å². The molecule has 176 valence electrons. The van der Waals surface area contributed by atoms with Gasteiger partial charge < -0.3 is 19.3 Å². The van der Waals surface area contributed by atoms with Crippen LogP contribution >= 0.6 is 0 Å². The standard InChI is InChI=1S/C26H28N4O4/c1-15(2)32-22-12-9-16(13-17(22)14-27)24-29-23(30-34-24)20-8-6-7-19-18(20)10-11-21(19)28-25(31)33-26(3,4)5/h6-9,12-13,15,21H,10-11H2,1-5H3,(H,28,31). The number of nitriles is 1. The van der Waals surface area contributed by atoms with Crippen LogP contribution in [0, 0.1) is 11.3 Å². The van der Waals surface area contributed by atoms with Crippen molar-refractivity contribution in [1.29, 1.82) is 5.26 Å². The van der Waals surface area contributed by atoms with Crippen LogP contribution in [0.5, 0.6) is 5.75 Å². The van der Waals surface area contributed by atoms with Crippen LogP contribution in [0.15, 0.2) is 40.9 Å². The van der Waals surface area contributed by atoms with Crippen LogP contribution in [0.3, 0.4) is 0 Å². The molecule has 0 aliphatic heterocycles. The number of carbonyl (C=O) groups excluding carboxylic acids is 1. The monoisotopic (exact) mass is 460 g/mol. The third-order valence-corrected chi connectivity index (χ3v) is 5.34. The molecule has 8 heteroatoms. The van der Waals surface area contributed by atoms with E-state index >= 15 is 0 Å². The van der Waals surface area contributed by atoms with Crippen molar-refractivity contribution in [3.63, 3.8) is 0 Å². The smallest absolute Gasteiger partial charge is 0.408 e. The number of carbonyl (C=O) groups is 1. The number of hydrogen-bond donors (Lipinski definition) is 1. The van der Waals surface area contributed by atoms with E-state index in [2.05, 4.69) is 21.5 Å². The first-order chi connectivity index (χ1) is 16.1. The van der Waals surface area contributed by atoms with Gasteiger partial charge in [-0.25, -0.2) is 4.79 Å². The zero-order chi connectivity index (χ0) is 24.5. The number of fused-ring (bicyclic) bond motifs is 1. The van der Waals surface area contributed by atoms with Gasteiger partial charge in [0.15, 0.2) is 0 Å². The van der Waals surface area contributed by atoms with E-state index in [-0.39, 0.29) is 12.1 Å². The molecule has 1 amide bonds. The van der Waals surface area contributed by atoms with E-state index in [1.165, 1.54) is 0 Å². The molecular weight excluding hydrogens is 432 g/mol. The lowest BCUT2D eigenvalue weighted by atomic mass is 10.0. The van der Waals surface area contributed by atoms with Gasteiger partial charge in [-0.1, -0.05) is 23.4 Å². The molecule has 1 unspecified atom stereocenters. The highest BCUT2D eigenvalue weighted by Gasteiger charge is 2.29. The summed E-state index contributed by atoms with van der Waals surface area (Å²) in [6.45, 7) is 9.33. The fourth-order valence-corrected chi connectivity index (χ4v) is 4.02. The van der Waals surface area contributed by atoms with Crippen molar-refractivity contribution in [2.45, 2.75) is 65.2 Å². The number of amides is 1. The summed E-state index contributed by atoms with van der Waals surface area (Å²) in [5, 5.41) is 16.7. The summed E-state index contributed by atoms with van der Waals surface area (Å²) >= 11 is 0. The van der Waals surface area contributed by atoms with Gasteiger partial charge in [0.1, 0.15) is 17.4 Å². The fraction of sp³-hybridized carbons (Fsp3) is 0.385. The Hall–Kier alpha value is -3.86. The summed E-state index contributed by atoms with van der Waals surface area (Å²) in [4.78, 5) is 16.9. The van der Waals surface area contributed by atoms with Gasteiger partial charge in [-0.3, -0.25) is 0 Å². The average Bonchev–Trinajstić information content (AvgIpc) is 3.40. The molecule has 1 aliphatic rings. The van der Waals surface area contributed by atoms with E-state index in [1.54, 1.807) is 18.2 Å². The van der Waals surface area contributed by atoms with Gasteiger partial charge in [-0.05, 0) is 76.8 Å². The number of ether oxygens (including phenoxy) is 2. The van der Waals surface area contributed by atoms with Gasteiger partial charge in [0.25, 0.3) is 5.89 Å². The molecule has 0 radical (unpaired) electrons. The maximum Gasteiger partial charge on any atom is 0.408 e. The second-order valence-electron chi connectivity index (χ2n) is 9.52. The molecule has 0 saturated carbocycles. The Bertz CT molecular complexity index is 1250. The molecule has 2 aromatic carbocycles. The van der Waals surface area contributed by atoms with Gasteiger partial charge in [0.05, 0.1) is 17.7 Å². The van der Waals surface area contributed by atoms with E-state index in [9.17, 15) is 10.1 Å². The van der Waals surface area contributed by atoms with E-state index in [0.29, 0.717) is 28.6 Å². The van der Waals surface area contributed by atoms with Crippen molar-refractivity contribution in [3.8, 4) is 34.7 Å². The number of benzene rings is 2. The summed E-state index contributed by atoms with van der Waals surface area (Å²) in [7, 11) is 0. The molecule has 0 spiro atoms. The Morgan fingerprint density at radius 1 is 1.26 bits per heavy atom. The first kappa shape index (κ1) is 23.3. The molecule has 1 N–H and O–H groups in total. The third-order valence-electron chi connectivity index (χ3n) is 5.34. The Kier molecular flexibility index (Phi) is 6.29. The number of nitrogens with one attached hydrogen (secondary N) is 1. The maximum absolute atomic E-state index is 12.3. The van der Waals surface area contributed by atoms with Crippen LogP contribution in [0.4, 0.5) is 4.79 Å². The first-order valence-corrected chi connectivity index (χ1v) is 11.3. The molecule has 4 rings (SSSR count). The molecule has 34 heavy (non-hydrogen) atoms. The van der Waals surface area contributed by atoms with Crippen LogP contribution in [0.2, 0.25) is 0 Å². The van der Waals surface area contributed by atoms with Gasteiger partial charge >= 0.3 is 6.09 Å². The van der Waals surface area contributed by atoms with E-state index in [4.69, 9.17) is 14.0 Å². The Morgan fingerprint density at radius 2 is 2.06 bits per heavy atom. The molecule has 0 bridgehead atoms. The van der Waals surface area contributed by atoms with Crippen molar-refractivity contribution >= 4 is 6.09 Å². The van der Waals surface area contributed by atoms with Crippen LogP contribution in [0.1, 0.15) is 63.8 Å². The predicted octanol–water partition coefficient (Wildman–Crippen LogP) is 5.57. The minimum atomic E-state index is -0.557. The van der Waals surface area contributed by atoms with Gasteiger partial charge in [-0.15, -0.1) is 0 Å². The summed E-state index contributed by atoms with van der Waals surface area (Å²) < 4.78 is 16.6. The predicted molar refractivity (Wildman–Crippen MR) is 126 cm³/mol. The second kappa shape index (κ2) is 9.18. The fourth-order valence-electron chi connectivity index (χ4n) is 4.02. The topological polar surface area (TPSA) is 110 Å². The van der Waals surface area contributed by atoms with Crippen molar-refractivity contribution < 1.29 is 18.8 Å². The second-order valence-corrected chi connectivity index (χ2v) is 9.52. The van der Waals surface area contributed by atoms with Crippen LogP contribution < -0.4 is 10.1 Å². The van der Waals surface area contributed by atoms with E-state index < -0.39 is 11.7 Å². The molecule has 8 nitrogen and oxygen atoms in total. The zero-order valence-electron chi connectivity index (χ0n) is 20.0. The molecule has 0 fully saturated rings. The minimum Gasteiger partial charge on any atom is -0.490 e. The average molecular weight is 461 g/mol. The van der Waals surface area contributed by atoms with E-state index in [0.717, 1.165) is 29.5 Å². The van der Waals surface area contributed by atoms with Crippen LogP contribution in [0.25, 0.3) is 22.8 Å². The summed E-state index contributed by atoms with van der Waals surface area (Å²) in [6, 6.07) is 13.1. The van der Waals surface area contributed by atoms with Crippen LogP contribution in [-0.2, 0) is 11.2 Å². The molecular formula is C26H28N4O4. The minimum absolute atomic E-state index is 0.0400.